The van der Waals surface area contributed by atoms with Crippen LogP contribution in [0.5, 0.6) is 0 Å². The number of hydrogen-bond acceptors (Lipinski definition) is 1. The van der Waals surface area contributed by atoms with Gasteiger partial charge in [-0.2, -0.15) is 0 Å². The van der Waals surface area contributed by atoms with Gasteiger partial charge < -0.3 is 0 Å². The second-order valence-corrected chi connectivity index (χ2v) is 6.49. The molecule has 6 heavy (non-hydrogen) atoms. The summed E-state index contributed by atoms with van der Waals surface area (Å²) in [5, 5.41) is 0. The molecule has 0 aromatic heterocycles. The molecule has 1 rings (SSSR count). The van der Waals surface area contributed by atoms with Crippen LogP contribution in [0.2, 0.25) is 0 Å². The molecule has 0 N–H and O–H groups in total. The fraction of sp³-hybridized carbons (Fsp3) is 1.00. The zero-order valence-electron chi connectivity index (χ0n) is 3.52. The van der Waals surface area contributed by atoms with Crippen molar-refractivity contribution in [1.82, 2.24) is 0 Å². The zero-order chi connectivity index (χ0) is 4.41. The van der Waals surface area contributed by atoms with Gasteiger partial charge in [-0.15, -0.1) is 0 Å². The summed E-state index contributed by atoms with van der Waals surface area (Å²) in [6.45, 7) is 0. The van der Waals surface area contributed by atoms with Gasteiger partial charge in [0.1, 0.15) is 0 Å². The van der Waals surface area contributed by atoms with E-state index in [-0.39, 0.29) is 0 Å². The van der Waals surface area contributed by atoms with E-state index in [4.69, 9.17) is 0 Å². The molecule has 2 heteroatoms. The molecule has 0 aromatic rings. The third-order valence-corrected chi connectivity index (χ3v) is 5.07. The minimum absolute atomic E-state index is 0.544. The predicted octanol–water partition coefficient (Wildman–Crippen LogP) is -1.87. The van der Waals surface area contributed by atoms with E-state index in [1.54, 1.807) is 0 Å². The molecule has 0 bridgehead atoms. The second-order valence-electron chi connectivity index (χ2n) is 1.42. The number of alkyl halides is 2. The van der Waals surface area contributed by atoms with Crippen LogP contribution in [0.15, 0.2) is 0 Å². The van der Waals surface area contributed by atoms with Gasteiger partial charge in [-0.25, -0.2) is 0 Å². The van der Waals surface area contributed by atoms with E-state index >= 15 is 0 Å². The molecule has 38 valence electrons. The van der Waals surface area contributed by atoms with E-state index in [1.807, 2.05) is 0 Å². The molecule has 1 saturated heterocycles. The van der Waals surface area contributed by atoms with Crippen molar-refractivity contribution in [3.05, 3.63) is 0 Å². The first-order valence-corrected chi connectivity index (χ1v) is 5.44. The Labute approximate surface area is 54.4 Å². The second kappa shape index (κ2) is 2.40. The standard InChI is InChI=1S/C4H8IS/c6-4-2-1-3-5-4/h4,6H,1-3H2/q-1. The fourth-order valence-electron chi connectivity index (χ4n) is 0.526. The first kappa shape index (κ1) is 5.22. The van der Waals surface area contributed by atoms with Gasteiger partial charge in [0.05, 0.1) is 0 Å². The van der Waals surface area contributed by atoms with Gasteiger partial charge in [0.2, 0.25) is 0 Å². The molecule has 1 aliphatic heterocycles. The van der Waals surface area contributed by atoms with Crippen molar-refractivity contribution in [2.75, 3.05) is 4.43 Å². The maximum atomic E-state index is 4.34. The molecule has 1 unspecified atom stereocenters. The molecule has 0 aliphatic carbocycles. The summed E-state index contributed by atoms with van der Waals surface area (Å²) in [5.74, 6) is 0. The zero-order valence-corrected chi connectivity index (χ0v) is 6.58. The maximum absolute atomic E-state index is 4.34. The third kappa shape index (κ3) is 1.30. The van der Waals surface area contributed by atoms with Gasteiger partial charge in [0.15, 0.2) is 0 Å². The van der Waals surface area contributed by atoms with E-state index in [0.29, 0.717) is 21.2 Å². The van der Waals surface area contributed by atoms with Crippen molar-refractivity contribution in [2.24, 2.45) is 0 Å². The third-order valence-electron chi connectivity index (χ3n) is 0.863. The van der Waals surface area contributed by atoms with Gasteiger partial charge in [0, 0.05) is 0 Å². The van der Waals surface area contributed by atoms with Crippen molar-refractivity contribution in [3.8, 4) is 0 Å². The van der Waals surface area contributed by atoms with E-state index in [0.717, 1.165) is 3.26 Å². The van der Waals surface area contributed by atoms with Gasteiger partial charge in [-0.05, 0) is 0 Å². The Morgan fingerprint density at radius 1 is 1.67 bits per heavy atom. The average molecular weight is 215 g/mol. The molecule has 0 saturated carbocycles. The fourth-order valence-corrected chi connectivity index (χ4v) is 3.84. The predicted molar refractivity (Wildman–Crippen MR) is 26.9 cm³/mol. The van der Waals surface area contributed by atoms with Crippen molar-refractivity contribution in [1.29, 1.82) is 0 Å². The summed E-state index contributed by atoms with van der Waals surface area (Å²) < 4.78 is 2.37. The Bertz CT molecular complexity index is 40.8. The summed E-state index contributed by atoms with van der Waals surface area (Å²) in [6, 6.07) is 0. The van der Waals surface area contributed by atoms with Crippen LogP contribution in [-0.4, -0.2) is 7.68 Å². The van der Waals surface area contributed by atoms with E-state index in [2.05, 4.69) is 12.6 Å². The van der Waals surface area contributed by atoms with Gasteiger partial charge >= 0.3 is 54.4 Å². The Balaban J connectivity index is 2.18. The minimum atomic E-state index is 0.544. The SMILES string of the molecule is SC1CCC[I-]1. The van der Waals surface area contributed by atoms with Crippen LogP contribution in [0.25, 0.3) is 0 Å². The number of hydrogen-bond donors (Lipinski definition) is 1. The van der Waals surface area contributed by atoms with Crippen LogP contribution in [0.3, 0.4) is 0 Å². The first-order chi connectivity index (χ1) is 2.89. The molecule has 1 aliphatic rings. The van der Waals surface area contributed by atoms with Gasteiger partial charge in [-0.3, -0.25) is 0 Å². The van der Waals surface area contributed by atoms with E-state index < -0.39 is 0 Å². The molecule has 0 aromatic carbocycles. The van der Waals surface area contributed by atoms with Crippen LogP contribution in [0, 0.1) is 0 Å². The van der Waals surface area contributed by atoms with Crippen LogP contribution in [0.4, 0.5) is 0 Å². The summed E-state index contributed by atoms with van der Waals surface area (Å²) in [4.78, 5) is 0. The van der Waals surface area contributed by atoms with Crippen molar-refractivity contribution >= 4 is 12.6 Å². The quantitative estimate of drug-likeness (QED) is 0.273. The average Bonchev–Trinajstić information content (AvgIpc) is 1.86. The molecule has 0 nitrogen and oxygen atoms in total. The Morgan fingerprint density at radius 3 is 2.67 bits per heavy atom. The monoisotopic (exact) mass is 215 g/mol. The van der Waals surface area contributed by atoms with Gasteiger partial charge in [-0.1, -0.05) is 0 Å². The topological polar surface area (TPSA) is 0 Å². The van der Waals surface area contributed by atoms with Crippen molar-refractivity contribution in [2.45, 2.75) is 16.1 Å². The summed E-state index contributed by atoms with van der Waals surface area (Å²) in [7, 11) is 0. The molecular weight excluding hydrogens is 207 g/mol. The number of rotatable bonds is 0. The molecule has 0 amide bonds. The first-order valence-electron chi connectivity index (χ1n) is 2.15. The molecule has 1 atom stereocenters. The van der Waals surface area contributed by atoms with Crippen LogP contribution in [0.1, 0.15) is 12.8 Å². The van der Waals surface area contributed by atoms with Crippen LogP contribution >= 0.6 is 12.6 Å². The number of thiol groups is 1. The molecule has 1 fully saturated rings. The van der Waals surface area contributed by atoms with E-state index in [9.17, 15) is 0 Å². The Kier molecular flexibility index (Phi) is 2.09. The summed E-state index contributed by atoms with van der Waals surface area (Å²) in [5.41, 5.74) is 0. The van der Waals surface area contributed by atoms with Gasteiger partial charge in [0.25, 0.3) is 0 Å². The summed E-state index contributed by atoms with van der Waals surface area (Å²) >= 11 is 4.88. The Hall–Kier alpha value is 1.08. The van der Waals surface area contributed by atoms with E-state index in [1.165, 1.54) is 17.3 Å². The van der Waals surface area contributed by atoms with Crippen molar-refractivity contribution < 1.29 is 21.2 Å². The molecule has 0 radical (unpaired) electrons. The number of halogens is 1. The van der Waals surface area contributed by atoms with Crippen LogP contribution < -0.4 is 21.2 Å². The molecular formula is C4H8IS-. The molecule has 0 spiro atoms. The van der Waals surface area contributed by atoms with Crippen molar-refractivity contribution in [3.63, 3.8) is 0 Å². The normalized spacial score (nSPS) is 35.8. The summed E-state index contributed by atoms with van der Waals surface area (Å²) in [6.07, 6.45) is 2.86. The Morgan fingerprint density at radius 2 is 2.50 bits per heavy atom. The molecule has 1 heterocycles. The van der Waals surface area contributed by atoms with Crippen LogP contribution in [-0.2, 0) is 0 Å².